The molecule has 1 aromatic carbocycles. The number of nitrogens with zero attached hydrogens (tertiary/aromatic N) is 2. The number of carbonyl (C=O) groups excluding carboxylic acids is 1. The number of rotatable bonds is 6. The van der Waals surface area contributed by atoms with Gasteiger partial charge in [0.05, 0.1) is 12.1 Å². The Hall–Kier alpha value is -2.57. The Bertz CT molecular complexity index is 674. The molecule has 1 aromatic heterocycles. The zero-order valence-corrected chi connectivity index (χ0v) is 13.2. The molecule has 0 atom stereocenters. The molecule has 0 spiro atoms. The summed E-state index contributed by atoms with van der Waals surface area (Å²) in [6.07, 6.45) is -0.455. The van der Waals surface area contributed by atoms with Crippen molar-refractivity contribution in [1.29, 1.82) is 0 Å². The molecule has 1 N–H and O–H groups in total. The van der Waals surface area contributed by atoms with Gasteiger partial charge >= 0.3 is 6.18 Å². The monoisotopic (exact) mass is 337 g/mol. The smallest absolute Gasteiger partial charge is 0.376 e. The second kappa shape index (κ2) is 7.81. The van der Waals surface area contributed by atoms with Crippen LogP contribution in [0.2, 0.25) is 0 Å². The van der Waals surface area contributed by atoms with E-state index < -0.39 is 11.7 Å². The third-order valence-corrected chi connectivity index (χ3v) is 3.57. The van der Waals surface area contributed by atoms with Gasteiger partial charge in [0.1, 0.15) is 0 Å². The molecule has 0 aliphatic carbocycles. The van der Waals surface area contributed by atoms with E-state index in [1.165, 1.54) is 23.1 Å². The third kappa shape index (κ3) is 4.97. The summed E-state index contributed by atoms with van der Waals surface area (Å²) in [6, 6.07) is 8.82. The van der Waals surface area contributed by atoms with Gasteiger partial charge in [0.25, 0.3) is 0 Å². The van der Waals surface area contributed by atoms with E-state index in [2.05, 4.69) is 10.3 Å². The zero-order chi connectivity index (χ0) is 17.6. The summed E-state index contributed by atoms with van der Waals surface area (Å²) in [5.74, 6) is -0.277. The number of amides is 1. The van der Waals surface area contributed by atoms with Crippen LogP contribution in [-0.4, -0.2) is 35.9 Å². The van der Waals surface area contributed by atoms with Crippen molar-refractivity contribution in [1.82, 2.24) is 9.88 Å². The second-order valence-corrected chi connectivity index (χ2v) is 5.32. The van der Waals surface area contributed by atoms with Crippen molar-refractivity contribution in [2.75, 3.05) is 25.5 Å². The standard InChI is InChI=1S/C17H18F3N3O/c1-23(11-8-13-6-9-21-10-7-13)16(24)12-22-15-5-3-2-4-14(15)17(18,19)20/h2-7,9-10,22H,8,11-12H2,1H3. The number of hydrogen-bond donors (Lipinski definition) is 1. The van der Waals surface area contributed by atoms with Gasteiger partial charge < -0.3 is 10.2 Å². The largest absolute Gasteiger partial charge is 0.418 e. The molecule has 7 heteroatoms. The lowest BCUT2D eigenvalue weighted by Crippen LogP contribution is -2.34. The summed E-state index contributed by atoms with van der Waals surface area (Å²) in [7, 11) is 1.63. The maximum atomic E-state index is 12.9. The van der Waals surface area contributed by atoms with Crippen molar-refractivity contribution in [3.8, 4) is 0 Å². The molecule has 0 aliphatic rings. The molecule has 0 aliphatic heterocycles. The van der Waals surface area contributed by atoms with Gasteiger partial charge in [-0.1, -0.05) is 12.1 Å². The van der Waals surface area contributed by atoms with Crippen molar-refractivity contribution in [3.63, 3.8) is 0 Å². The van der Waals surface area contributed by atoms with Crippen LogP contribution in [-0.2, 0) is 17.4 Å². The first kappa shape index (κ1) is 17.8. The molecule has 0 saturated carbocycles. The fraction of sp³-hybridized carbons (Fsp3) is 0.294. The first-order valence-electron chi connectivity index (χ1n) is 7.41. The van der Waals surface area contributed by atoms with Crippen molar-refractivity contribution in [2.45, 2.75) is 12.6 Å². The van der Waals surface area contributed by atoms with Crippen LogP contribution in [0, 0.1) is 0 Å². The highest BCUT2D eigenvalue weighted by atomic mass is 19.4. The van der Waals surface area contributed by atoms with Gasteiger partial charge in [-0.15, -0.1) is 0 Å². The molecular weight excluding hydrogens is 319 g/mol. The van der Waals surface area contributed by atoms with Gasteiger partial charge in [0.15, 0.2) is 0 Å². The average Bonchev–Trinajstić information content (AvgIpc) is 2.58. The molecule has 1 amide bonds. The number of para-hydroxylation sites is 1. The van der Waals surface area contributed by atoms with Crippen LogP contribution in [0.5, 0.6) is 0 Å². The van der Waals surface area contributed by atoms with Gasteiger partial charge in [-0.3, -0.25) is 9.78 Å². The minimum atomic E-state index is -4.46. The zero-order valence-electron chi connectivity index (χ0n) is 13.2. The highest BCUT2D eigenvalue weighted by molar-refractivity contribution is 5.81. The van der Waals surface area contributed by atoms with E-state index in [9.17, 15) is 18.0 Å². The third-order valence-electron chi connectivity index (χ3n) is 3.57. The molecule has 128 valence electrons. The van der Waals surface area contributed by atoms with Crippen LogP contribution in [0.25, 0.3) is 0 Å². The van der Waals surface area contributed by atoms with E-state index in [-0.39, 0.29) is 18.1 Å². The Morgan fingerprint density at radius 1 is 1.17 bits per heavy atom. The number of pyridine rings is 1. The first-order chi connectivity index (χ1) is 11.4. The molecule has 2 aromatic rings. The van der Waals surface area contributed by atoms with Gasteiger partial charge in [-0.2, -0.15) is 13.2 Å². The minimum absolute atomic E-state index is 0.0964. The Balaban J connectivity index is 1.89. The second-order valence-electron chi connectivity index (χ2n) is 5.32. The topological polar surface area (TPSA) is 45.2 Å². The lowest BCUT2D eigenvalue weighted by molar-refractivity contribution is -0.137. The number of nitrogens with one attached hydrogen (secondary N) is 1. The SMILES string of the molecule is CN(CCc1ccncc1)C(=O)CNc1ccccc1C(F)(F)F. The fourth-order valence-electron chi connectivity index (χ4n) is 2.16. The minimum Gasteiger partial charge on any atom is -0.376 e. The molecule has 0 radical (unpaired) electrons. The molecule has 0 unspecified atom stereocenters. The van der Waals surface area contributed by atoms with E-state index in [0.29, 0.717) is 13.0 Å². The molecule has 0 saturated heterocycles. The molecule has 0 bridgehead atoms. The van der Waals surface area contributed by atoms with E-state index in [1.807, 2.05) is 12.1 Å². The number of hydrogen-bond acceptors (Lipinski definition) is 3. The van der Waals surface area contributed by atoms with Crippen LogP contribution < -0.4 is 5.32 Å². The highest BCUT2D eigenvalue weighted by Crippen LogP contribution is 2.34. The Morgan fingerprint density at radius 2 is 1.83 bits per heavy atom. The number of alkyl halides is 3. The maximum absolute atomic E-state index is 12.9. The number of halogens is 3. The van der Waals surface area contributed by atoms with Crippen molar-refractivity contribution in [3.05, 3.63) is 59.9 Å². The van der Waals surface area contributed by atoms with E-state index in [1.54, 1.807) is 19.4 Å². The first-order valence-corrected chi connectivity index (χ1v) is 7.41. The van der Waals surface area contributed by atoms with Gasteiger partial charge in [0, 0.05) is 31.7 Å². The molecule has 24 heavy (non-hydrogen) atoms. The summed E-state index contributed by atoms with van der Waals surface area (Å²) in [5, 5.41) is 2.58. The van der Waals surface area contributed by atoms with E-state index in [4.69, 9.17) is 0 Å². The van der Waals surface area contributed by atoms with Gasteiger partial charge in [-0.25, -0.2) is 0 Å². The summed E-state index contributed by atoms with van der Waals surface area (Å²) in [6.45, 7) is 0.283. The summed E-state index contributed by atoms with van der Waals surface area (Å²) < 4.78 is 38.7. The molecule has 2 rings (SSSR count). The molecular formula is C17H18F3N3O. The van der Waals surface area contributed by atoms with E-state index in [0.717, 1.165) is 11.6 Å². The van der Waals surface area contributed by atoms with Crippen LogP contribution in [0.3, 0.4) is 0 Å². The number of aromatic nitrogens is 1. The molecule has 0 fully saturated rings. The lowest BCUT2D eigenvalue weighted by atomic mass is 10.1. The maximum Gasteiger partial charge on any atom is 0.418 e. The predicted molar refractivity (Wildman–Crippen MR) is 85.5 cm³/mol. The number of likely N-dealkylation sites (N-methyl/N-ethyl adjacent to an activating group) is 1. The van der Waals surface area contributed by atoms with Gasteiger partial charge in [-0.05, 0) is 36.2 Å². The van der Waals surface area contributed by atoms with Crippen molar-refractivity contribution in [2.24, 2.45) is 0 Å². The van der Waals surface area contributed by atoms with Crippen LogP contribution in [0.1, 0.15) is 11.1 Å². The number of carbonyl (C=O) groups is 1. The van der Waals surface area contributed by atoms with Crippen LogP contribution >= 0.6 is 0 Å². The summed E-state index contributed by atoms with van der Waals surface area (Å²) >= 11 is 0. The van der Waals surface area contributed by atoms with Crippen LogP contribution in [0.15, 0.2) is 48.8 Å². The van der Waals surface area contributed by atoms with E-state index >= 15 is 0 Å². The van der Waals surface area contributed by atoms with Crippen molar-refractivity contribution >= 4 is 11.6 Å². The summed E-state index contributed by atoms with van der Waals surface area (Å²) in [4.78, 5) is 17.5. The average molecular weight is 337 g/mol. The number of benzene rings is 1. The van der Waals surface area contributed by atoms with Crippen molar-refractivity contribution < 1.29 is 18.0 Å². The Morgan fingerprint density at radius 3 is 2.50 bits per heavy atom. The molecule has 1 heterocycles. The normalized spacial score (nSPS) is 11.2. The Labute approximate surface area is 138 Å². The fourth-order valence-corrected chi connectivity index (χ4v) is 2.16. The number of anilines is 1. The quantitative estimate of drug-likeness (QED) is 0.880. The van der Waals surface area contributed by atoms with Crippen LogP contribution in [0.4, 0.5) is 18.9 Å². The molecule has 4 nitrogen and oxygen atoms in total. The lowest BCUT2D eigenvalue weighted by Gasteiger charge is -2.19. The Kier molecular flexibility index (Phi) is 5.78. The van der Waals surface area contributed by atoms with Gasteiger partial charge in [0.2, 0.25) is 5.91 Å². The summed E-state index contributed by atoms with van der Waals surface area (Å²) in [5.41, 5.74) is 0.165. The predicted octanol–water partition coefficient (Wildman–Crippen LogP) is 3.21. The highest BCUT2D eigenvalue weighted by Gasteiger charge is 2.33.